The SMILES string of the molecule is CCC(OC(C)=O)(OC(C)=O)C(C)C. The largest absolute Gasteiger partial charge is 0.422 e. The van der Waals surface area contributed by atoms with Crippen LogP contribution in [0.2, 0.25) is 0 Å². The van der Waals surface area contributed by atoms with Crippen molar-refractivity contribution in [2.24, 2.45) is 5.92 Å². The molecule has 82 valence electrons. The molecule has 0 N–H and O–H groups in total. The molecule has 0 bridgehead atoms. The predicted octanol–water partition coefficient (Wildman–Crippen LogP) is 1.87. The lowest BCUT2D eigenvalue weighted by Gasteiger charge is -2.34. The zero-order valence-corrected chi connectivity index (χ0v) is 9.42. The Morgan fingerprint density at radius 1 is 1.14 bits per heavy atom. The van der Waals surface area contributed by atoms with Crippen LogP contribution in [-0.2, 0) is 19.1 Å². The molecular weight excluding hydrogens is 184 g/mol. The van der Waals surface area contributed by atoms with Crippen molar-refractivity contribution >= 4 is 11.9 Å². The van der Waals surface area contributed by atoms with Gasteiger partial charge in [-0.15, -0.1) is 0 Å². The second kappa shape index (κ2) is 4.98. The van der Waals surface area contributed by atoms with E-state index in [0.717, 1.165) is 0 Å². The van der Waals surface area contributed by atoms with Crippen molar-refractivity contribution in [3.05, 3.63) is 0 Å². The summed E-state index contributed by atoms with van der Waals surface area (Å²) in [5.41, 5.74) is 0. The first-order valence-corrected chi connectivity index (χ1v) is 4.73. The molecule has 0 aliphatic heterocycles. The first kappa shape index (κ1) is 12.9. The Morgan fingerprint density at radius 3 is 1.64 bits per heavy atom. The van der Waals surface area contributed by atoms with E-state index in [2.05, 4.69) is 0 Å². The van der Waals surface area contributed by atoms with Gasteiger partial charge in [0, 0.05) is 26.2 Å². The van der Waals surface area contributed by atoms with Crippen molar-refractivity contribution in [1.82, 2.24) is 0 Å². The molecule has 0 aliphatic rings. The van der Waals surface area contributed by atoms with Crippen LogP contribution >= 0.6 is 0 Å². The van der Waals surface area contributed by atoms with Crippen molar-refractivity contribution in [3.63, 3.8) is 0 Å². The van der Waals surface area contributed by atoms with E-state index in [-0.39, 0.29) is 5.92 Å². The Balaban J connectivity index is 4.77. The van der Waals surface area contributed by atoms with Crippen LogP contribution in [0, 0.1) is 5.92 Å². The molecule has 0 atom stereocenters. The number of carbonyl (C=O) groups is 2. The maximum absolute atomic E-state index is 10.9. The van der Waals surface area contributed by atoms with E-state index in [1.165, 1.54) is 13.8 Å². The van der Waals surface area contributed by atoms with Gasteiger partial charge in [-0.25, -0.2) is 0 Å². The van der Waals surface area contributed by atoms with Crippen molar-refractivity contribution in [2.75, 3.05) is 0 Å². The van der Waals surface area contributed by atoms with E-state index >= 15 is 0 Å². The first-order valence-electron chi connectivity index (χ1n) is 4.73. The minimum Gasteiger partial charge on any atom is -0.422 e. The Bertz CT molecular complexity index is 204. The number of rotatable bonds is 4. The molecule has 0 aromatic rings. The highest BCUT2D eigenvalue weighted by atomic mass is 16.7. The summed E-state index contributed by atoms with van der Waals surface area (Å²) in [6.07, 6.45) is 0.448. The quantitative estimate of drug-likeness (QED) is 0.516. The highest BCUT2D eigenvalue weighted by Crippen LogP contribution is 2.27. The fraction of sp³-hybridized carbons (Fsp3) is 0.800. The van der Waals surface area contributed by atoms with Gasteiger partial charge in [0.2, 0.25) is 0 Å². The highest BCUT2D eigenvalue weighted by Gasteiger charge is 2.38. The van der Waals surface area contributed by atoms with E-state index in [1.54, 1.807) is 0 Å². The molecule has 0 amide bonds. The summed E-state index contributed by atoms with van der Waals surface area (Å²) in [4.78, 5) is 21.8. The molecule has 0 rings (SSSR count). The van der Waals surface area contributed by atoms with E-state index < -0.39 is 17.7 Å². The molecule has 0 heterocycles. The monoisotopic (exact) mass is 202 g/mol. The third kappa shape index (κ3) is 3.36. The van der Waals surface area contributed by atoms with Crippen molar-refractivity contribution in [2.45, 2.75) is 46.8 Å². The summed E-state index contributed by atoms with van der Waals surface area (Å²) >= 11 is 0. The van der Waals surface area contributed by atoms with Gasteiger partial charge in [0.15, 0.2) is 0 Å². The molecule has 4 nitrogen and oxygen atoms in total. The van der Waals surface area contributed by atoms with Crippen LogP contribution in [0.25, 0.3) is 0 Å². The van der Waals surface area contributed by atoms with Gasteiger partial charge in [0.25, 0.3) is 5.79 Å². The van der Waals surface area contributed by atoms with Crippen LogP contribution in [0.4, 0.5) is 0 Å². The van der Waals surface area contributed by atoms with E-state index in [1.807, 2.05) is 20.8 Å². The molecule has 0 aliphatic carbocycles. The van der Waals surface area contributed by atoms with E-state index in [0.29, 0.717) is 6.42 Å². The van der Waals surface area contributed by atoms with Gasteiger partial charge in [-0.3, -0.25) is 9.59 Å². The number of ether oxygens (including phenoxy) is 2. The lowest BCUT2D eigenvalue weighted by molar-refractivity contribution is -0.243. The van der Waals surface area contributed by atoms with Crippen LogP contribution in [0.5, 0.6) is 0 Å². The average Bonchev–Trinajstić information content (AvgIpc) is 2.00. The topological polar surface area (TPSA) is 52.6 Å². The zero-order chi connectivity index (χ0) is 11.4. The van der Waals surface area contributed by atoms with Gasteiger partial charge in [0.05, 0.1) is 0 Å². The second-order valence-electron chi connectivity index (χ2n) is 3.51. The smallest absolute Gasteiger partial charge is 0.305 e. The zero-order valence-electron chi connectivity index (χ0n) is 9.42. The average molecular weight is 202 g/mol. The summed E-state index contributed by atoms with van der Waals surface area (Å²) < 4.78 is 10.2. The highest BCUT2D eigenvalue weighted by molar-refractivity contribution is 5.68. The second-order valence-corrected chi connectivity index (χ2v) is 3.51. The van der Waals surface area contributed by atoms with Crippen molar-refractivity contribution in [1.29, 1.82) is 0 Å². The number of hydrogen-bond donors (Lipinski definition) is 0. The molecule has 14 heavy (non-hydrogen) atoms. The van der Waals surface area contributed by atoms with Crippen LogP contribution in [0.3, 0.4) is 0 Å². The number of esters is 2. The molecule has 0 saturated heterocycles. The van der Waals surface area contributed by atoms with Crippen LogP contribution in [-0.4, -0.2) is 17.7 Å². The Kier molecular flexibility index (Phi) is 4.60. The third-order valence-corrected chi connectivity index (χ3v) is 2.01. The lowest BCUT2D eigenvalue weighted by atomic mass is 10.00. The molecule has 0 unspecified atom stereocenters. The van der Waals surface area contributed by atoms with Crippen molar-refractivity contribution < 1.29 is 19.1 Å². The minimum absolute atomic E-state index is 0.0692. The maximum Gasteiger partial charge on any atom is 0.305 e. The van der Waals surface area contributed by atoms with Gasteiger partial charge >= 0.3 is 11.9 Å². The Labute approximate surface area is 84.6 Å². The minimum atomic E-state index is -1.11. The molecule has 0 saturated carbocycles. The van der Waals surface area contributed by atoms with Gasteiger partial charge in [-0.1, -0.05) is 20.8 Å². The molecular formula is C10H18O4. The van der Waals surface area contributed by atoms with Gasteiger partial charge < -0.3 is 9.47 Å². The molecule has 0 radical (unpaired) electrons. The summed E-state index contributed by atoms with van der Waals surface area (Å²) in [6, 6.07) is 0. The summed E-state index contributed by atoms with van der Waals surface area (Å²) in [5.74, 6) is -2.07. The summed E-state index contributed by atoms with van der Waals surface area (Å²) in [6.45, 7) is 8.10. The van der Waals surface area contributed by atoms with Crippen LogP contribution in [0.15, 0.2) is 0 Å². The van der Waals surface area contributed by atoms with Gasteiger partial charge in [-0.2, -0.15) is 0 Å². The van der Waals surface area contributed by atoms with Crippen LogP contribution < -0.4 is 0 Å². The Hall–Kier alpha value is -1.06. The summed E-state index contributed by atoms with van der Waals surface area (Å²) in [5, 5.41) is 0. The number of carbonyl (C=O) groups excluding carboxylic acids is 2. The molecule has 0 aromatic carbocycles. The molecule has 0 spiro atoms. The fourth-order valence-corrected chi connectivity index (χ4v) is 1.30. The van der Waals surface area contributed by atoms with E-state index in [9.17, 15) is 9.59 Å². The van der Waals surface area contributed by atoms with Crippen molar-refractivity contribution in [3.8, 4) is 0 Å². The summed E-state index contributed by atoms with van der Waals surface area (Å²) in [7, 11) is 0. The van der Waals surface area contributed by atoms with E-state index in [4.69, 9.17) is 9.47 Å². The Morgan fingerprint density at radius 2 is 1.50 bits per heavy atom. The first-order chi connectivity index (χ1) is 6.34. The van der Waals surface area contributed by atoms with Gasteiger partial charge in [-0.05, 0) is 0 Å². The third-order valence-electron chi connectivity index (χ3n) is 2.01. The maximum atomic E-state index is 10.9. The van der Waals surface area contributed by atoms with Gasteiger partial charge in [0.1, 0.15) is 0 Å². The molecule has 0 fully saturated rings. The molecule has 0 aromatic heterocycles. The lowest BCUT2D eigenvalue weighted by Crippen LogP contribution is -2.43. The standard InChI is InChI=1S/C10H18O4/c1-6-10(7(2)3,13-8(4)11)14-9(5)12/h7H,6H2,1-5H3. The molecule has 4 heteroatoms. The normalized spacial score (nSPS) is 11.3. The van der Waals surface area contributed by atoms with Crippen LogP contribution in [0.1, 0.15) is 41.0 Å². The fourth-order valence-electron chi connectivity index (χ4n) is 1.30. The predicted molar refractivity (Wildman–Crippen MR) is 51.4 cm³/mol. The number of hydrogen-bond acceptors (Lipinski definition) is 4.